The second-order valence-corrected chi connectivity index (χ2v) is 6.95. The monoisotopic (exact) mass is 347 g/mol. The Balaban J connectivity index is 1.68. The Labute approximate surface area is 145 Å². The van der Waals surface area contributed by atoms with Gasteiger partial charge in [0.25, 0.3) is 5.69 Å². The predicted octanol–water partition coefficient (Wildman–Crippen LogP) is 2.55. The van der Waals surface area contributed by atoms with E-state index in [0.717, 1.165) is 12.8 Å². The molecule has 0 radical (unpaired) electrons. The zero-order valence-electron chi connectivity index (χ0n) is 14.0. The third kappa shape index (κ3) is 3.04. The van der Waals surface area contributed by atoms with Gasteiger partial charge in [0.05, 0.1) is 16.4 Å². The van der Waals surface area contributed by atoms with Crippen molar-refractivity contribution in [2.24, 2.45) is 11.3 Å². The molecule has 1 saturated heterocycles. The third-order valence-electron chi connectivity index (χ3n) is 5.50. The van der Waals surface area contributed by atoms with Crippen LogP contribution in [0.3, 0.4) is 0 Å². The van der Waals surface area contributed by atoms with E-state index in [9.17, 15) is 24.8 Å². The summed E-state index contributed by atoms with van der Waals surface area (Å²) in [7, 11) is 0. The number of nitro benzene ring substituents is 1. The van der Waals surface area contributed by atoms with Gasteiger partial charge in [-0.3, -0.25) is 14.9 Å². The van der Waals surface area contributed by atoms with E-state index in [4.69, 9.17) is 0 Å². The molecule has 25 heavy (non-hydrogen) atoms. The van der Waals surface area contributed by atoms with Crippen molar-refractivity contribution in [3.05, 3.63) is 39.9 Å². The number of urea groups is 1. The summed E-state index contributed by atoms with van der Waals surface area (Å²) in [6, 6.07) is 5.40. The average Bonchev–Trinajstić information content (AvgIpc) is 3.13. The van der Waals surface area contributed by atoms with Gasteiger partial charge < -0.3 is 15.3 Å². The number of non-ortho nitro benzene ring substituents is 1. The number of nitrogens with zero attached hydrogens (tertiary/aromatic N) is 2. The number of nitrogens with one attached hydrogen (secondary N) is 1. The van der Waals surface area contributed by atoms with Crippen molar-refractivity contribution < 1.29 is 19.6 Å². The lowest BCUT2D eigenvalue weighted by molar-refractivity contribution is -0.384. The van der Waals surface area contributed by atoms with Gasteiger partial charge >= 0.3 is 12.0 Å². The largest absolute Gasteiger partial charge is 0.481 e. The number of aliphatic carboxylic acids is 1. The number of fused-ring (bicyclic) bond motifs is 1. The first-order valence-electron chi connectivity index (χ1n) is 8.37. The first-order chi connectivity index (χ1) is 11.8. The number of rotatable bonds is 4. The molecule has 1 aromatic carbocycles. The molecule has 1 heterocycles. The quantitative estimate of drug-likeness (QED) is 0.642. The molecule has 2 N–H and O–H groups in total. The van der Waals surface area contributed by atoms with Crippen LogP contribution in [0, 0.1) is 21.4 Å². The molecule has 0 bridgehead atoms. The van der Waals surface area contributed by atoms with E-state index in [1.165, 1.54) is 12.1 Å². The number of hydrogen-bond acceptors (Lipinski definition) is 4. The molecular formula is C17H21N3O5. The summed E-state index contributed by atoms with van der Waals surface area (Å²) in [5.41, 5.74) is -0.208. The minimum absolute atomic E-state index is 0.00358. The number of carbonyl (C=O) groups excluding carboxylic acids is 1. The molecular weight excluding hydrogens is 326 g/mol. The number of carbonyl (C=O) groups is 2. The Kier molecular flexibility index (Phi) is 4.36. The molecule has 1 saturated carbocycles. The van der Waals surface area contributed by atoms with Gasteiger partial charge in [0, 0.05) is 25.2 Å². The van der Waals surface area contributed by atoms with Gasteiger partial charge in [0.2, 0.25) is 0 Å². The molecule has 2 amide bonds. The summed E-state index contributed by atoms with van der Waals surface area (Å²) in [6.45, 7) is 2.42. The molecule has 0 aromatic heterocycles. The zero-order valence-corrected chi connectivity index (χ0v) is 14.0. The van der Waals surface area contributed by atoms with Crippen molar-refractivity contribution in [1.82, 2.24) is 10.2 Å². The van der Waals surface area contributed by atoms with E-state index in [1.807, 2.05) is 0 Å². The Hall–Kier alpha value is -2.64. The Morgan fingerprint density at radius 1 is 1.48 bits per heavy atom. The second kappa shape index (κ2) is 6.34. The van der Waals surface area contributed by atoms with Crippen LogP contribution in [0.2, 0.25) is 0 Å². The minimum atomic E-state index is -0.822. The molecule has 1 aromatic rings. The predicted molar refractivity (Wildman–Crippen MR) is 89.0 cm³/mol. The summed E-state index contributed by atoms with van der Waals surface area (Å²) in [4.78, 5) is 36.2. The lowest BCUT2D eigenvalue weighted by Gasteiger charge is -2.24. The molecule has 2 aliphatic rings. The highest BCUT2D eigenvalue weighted by atomic mass is 16.6. The molecule has 0 spiro atoms. The summed E-state index contributed by atoms with van der Waals surface area (Å²) in [5, 5.41) is 23.3. The molecule has 134 valence electrons. The van der Waals surface area contributed by atoms with E-state index in [-0.39, 0.29) is 24.2 Å². The van der Waals surface area contributed by atoms with Crippen LogP contribution in [0.5, 0.6) is 0 Å². The van der Waals surface area contributed by atoms with E-state index >= 15 is 0 Å². The highest BCUT2D eigenvalue weighted by molar-refractivity contribution is 5.80. The first kappa shape index (κ1) is 17.2. The molecule has 3 atom stereocenters. The molecule has 1 unspecified atom stereocenters. The normalized spacial score (nSPS) is 26.1. The zero-order chi connectivity index (χ0) is 18.2. The number of hydrogen-bond donors (Lipinski definition) is 2. The van der Waals surface area contributed by atoms with E-state index in [1.54, 1.807) is 24.0 Å². The molecule has 8 heteroatoms. The fourth-order valence-electron chi connectivity index (χ4n) is 4.06. The number of amides is 2. The lowest BCUT2D eigenvalue weighted by Crippen LogP contribution is -2.42. The summed E-state index contributed by atoms with van der Waals surface area (Å²) in [6.07, 6.45) is 2.32. The fraction of sp³-hybridized carbons (Fsp3) is 0.529. The van der Waals surface area contributed by atoms with Gasteiger partial charge in [0.15, 0.2) is 0 Å². The smallest absolute Gasteiger partial charge is 0.317 e. The highest BCUT2D eigenvalue weighted by Crippen LogP contribution is 2.48. The SMILES string of the molecule is CC(NC(=O)N1C[C@@H]2CCC[C@@]2(C(=O)O)C1)c1cccc([N+](=O)[O-])c1. The number of benzene rings is 1. The second-order valence-electron chi connectivity index (χ2n) is 6.95. The molecule has 1 aliphatic carbocycles. The maximum absolute atomic E-state index is 12.5. The fourth-order valence-corrected chi connectivity index (χ4v) is 4.06. The van der Waals surface area contributed by atoms with Gasteiger partial charge in [-0.05, 0) is 31.2 Å². The number of likely N-dealkylation sites (tertiary alicyclic amines) is 1. The summed E-state index contributed by atoms with van der Waals surface area (Å²) >= 11 is 0. The van der Waals surface area contributed by atoms with E-state index < -0.39 is 22.3 Å². The number of carboxylic acid groups (broad SMARTS) is 1. The Bertz CT molecular complexity index is 722. The summed E-state index contributed by atoms with van der Waals surface area (Å²) in [5.74, 6) is -0.819. The number of carboxylic acids is 1. The van der Waals surface area contributed by atoms with Crippen LogP contribution >= 0.6 is 0 Å². The Morgan fingerprint density at radius 3 is 2.88 bits per heavy atom. The lowest BCUT2D eigenvalue weighted by atomic mass is 9.81. The minimum Gasteiger partial charge on any atom is -0.481 e. The average molecular weight is 347 g/mol. The van der Waals surface area contributed by atoms with Crippen LogP contribution in [0.25, 0.3) is 0 Å². The van der Waals surface area contributed by atoms with Crippen LogP contribution in [0.1, 0.15) is 37.8 Å². The van der Waals surface area contributed by atoms with Gasteiger partial charge in [-0.15, -0.1) is 0 Å². The summed E-state index contributed by atoms with van der Waals surface area (Å²) < 4.78 is 0. The van der Waals surface area contributed by atoms with Crippen LogP contribution in [-0.2, 0) is 4.79 Å². The molecule has 1 aliphatic heterocycles. The van der Waals surface area contributed by atoms with Crippen molar-refractivity contribution in [2.45, 2.75) is 32.2 Å². The van der Waals surface area contributed by atoms with Crippen molar-refractivity contribution >= 4 is 17.7 Å². The van der Waals surface area contributed by atoms with Crippen molar-refractivity contribution in [3.8, 4) is 0 Å². The molecule has 3 rings (SSSR count). The van der Waals surface area contributed by atoms with Crippen molar-refractivity contribution in [3.63, 3.8) is 0 Å². The third-order valence-corrected chi connectivity index (χ3v) is 5.50. The maximum atomic E-state index is 12.5. The standard InChI is InChI=1S/C17H21N3O5/c1-11(12-4-2-6-14(8-12)20(24)25)18-16(23)19-9-13-5-3-7-17(13,10-19)15(21)22/h2,4,6,8,11,13H,3,5,7,9-10H2,1H3,(H,18,23)(H,21,22)/t11?,13-,17+/m0/s1. The van der Waals surface area contributed by atoms with Crippen LogP contribution in [0.15, 0.2) is 24.3 Å². The van der Waals surface area contributed by atoms with E-state index in [2.05, 4.69) is 5.32 Å². The highest BCUT2D eigenvalue weighted by Gasteiger charge is 2.55. The van der Waals surface area contributed by atoms with Crippen LogP contribution in [-0.4, -0.2) is 40.0 Å². The topological polar surface area (TPSA) is 113 Å². The van der Waals surface area contributed by atoms with Gasteiger partial charge in [0.1, 0.15) is 0 Å². The van der Waals surface area contributed by atoms with Gasteiger partial charge in [-0.1, -0.05) is 18.6 Å². The van der Waals surface area contributed by atoms with Gasteiger partial charge in [-0.2, -0.15) is 0 Å². The van der Waals surface area contributed by atoms with Crippen LogP contribution < -0.4 is 5.32 Å². The van der Waals surface area contributed by atoms with Crippen molar-refractivity contribution in [2.75, 3.05) is 13.1 Å². The maximum Gasteiger partial charge on any atom is 0.317 e. The van der Waals surface area contributed by atoms with Crippen molar-refractivity contribution in [1.29, 1.82) is 0 Å². The van der Waals surface area contributed by atoms with E-state index in [0.29, 0.717) is 18.5 Å². The number of nitro groups is 1. The molecule has 8 nitrogen and oxygen atoms in total. The molecule has 2 fully saturated rings. The Morgan fingerprint density at radius 2 is 2.24 bits per heavy atom. The van der Waals surface area contributed by atoms with Crippen LogP contribution in [0.4, 0.5) is 10.5 Å². The van der Waals surface area contributed by atoms with Gasteiger partial charge in [-0.25, -0.2) is 4.79 Å². The first-order valence-corrected chi connectivity index (χ1v) is 8.37.